The molecule has 118 valence electrons. The molecule has 0 fully saturated rings. The van der Waals surface area contributed by atoms with E-state index in [1.54, 1.807) is 6.07 Å². The Labute approximate surface area is 139 Å². The maximum atomic E-state index is 13.2. The van der Waals surface area contributed by atoms with Gasteiger partial charge in [0.2, 0.25) is 0 Å². The van der Waals surface area contributed by atoms with Gasteiger partial charge in [0, 0.05) is 17.8 Å². The zero-order chi connectivity index (χ0) is 16.4. The summed E-state index contributed by atoms with van der Waals surface area (Å²) in [5.74, 6) is 0.641. The molecule has 0 saturated carbocycles. The minimum Gasteiger partial charge on any atom is -0.381 e. The van der Waals surface area contributed by atoms with Crippen molar-refractivity contribution in [3.05, 3.63) is 84.2 Å². The first-order valence-corrected chi connectivity index (χ1v) is 7.81. The number of imidazole rings is 1. The molecule has 2 N–H and O–H groups in total. The molecular weight excluding hydrogens is 301 g/mol. The van der Waals surface area contributed by atoms with E-state index >= 15 is 0 Å². The lowest BCUT2D eigenvalue weighted by Gasteiger charge is -2.07. The maximum absolute atomic E-state index is 13.2. The molecule has 0 saturated heterocycles. The quantitative estimate of drug-likeness (QED) is 0.557. The average molecular weight is 317 g/mol. The molecule has 0 atom stereocenters. The first kappa shape index (κ1) is 14.5. The molecule has 3 nitrogen and oxygen atoms in total. The zero-order valence-corrected chi connectivity index (χ0v) is 13.0. The predicted octanol–water partition coefficient (Wildman–Crippen LogP) is 4.98. The topological polar surface area (TPSA) is 40.7 Å². The van der Waals surface area contributed by atoms with Crippen LogP contribution in [-0.2, 0) is 6.54 Å². The fourth-order valence-electron chi connectivity index (χ4n) is 2.69. The highest BCUT2D eigenvalue weighted by Crippen LogP contribution is 2.22. The second-order valence-electron chi connectivity index (χ2n) is 5.66. The third-order valence-corrected chi connectivity index (χ3v) is 3.93. The van der Waals surface area contributed by atoms with E-state index in [4.69, 9.17) is 0 Å². The van der Waals surface area contributed by atoms with Crippen molar-refractivity contribution < 1.29 is 4.39 Å². The molecule has 3 aromatic carbocycles. The number of nitrogens with zero attached hydrogens (tertiary/aromatic N) is 1. The highest BCUT2D eigenvalue weighted by Gasteiger charge is 2.04. The molecule has 0 unspecified atom stereocenters. The normalized spacial score (nSPS) is 10.9. The van der Waals surface area contributed by atoms with Gasteiger partial charge in [0.15, 0.2) is 0 Å². The Balaban J connectivity index is 1.50. The van der Waals surface area contributed by atoms with Crippen molar-refractivity contribution in [1.29, 1.82) is 0 Å². The average Bonchev–Trinajstić information content (AvgIpc) is 3.05. The van der Waals surface area contributed by atoms with Crippen LogP contribution in [0.3, 0.4) is 0 Å². The molecule has 0 aliphatic heterocycles. The van der Waals surface area contributed by atoms with Crippen molar-refractivity contribution >= 4 is 16.7 Å². The summed E-state index contributed by atoms with van der Waals surface area (Å²) in [5.41, 5.74) is 4.92. The van der Waals surface area contributed by atoms with Crippen LogP contribution < -0.4 is 5.32 Å². The van der Waals surface area contributed by atoms with Crippen LogP contribution in [0.2, 0.25) is 0 Å². The van der Waals surface area contributed by atoms with Gasteiger partial charge in [-0.1, -0.05) is 24.3 Å². The van der Waals surface area contributed by atoms with Crippen LogP contribution >= 0.6 is 0 Å². The van der Waals surface area contributed by atoms with Crippen LogP contribution in [0.25, 0.3) is 22.4 Å². The molecule has 0 aliphatic rings. The van der Waals surface area contributed by atoms with Gasteiger partial charge in [-0.3, -0.25) is 0 Å². The van der Waals surface area contributed by atoms with E-state index in [-0.39, 0.29) is 5.82 Å². The van der Waals surface area contributed by atoms with Crippen molar-refractivity contribution in [2.24, 2.45) is 0 Å². The van der Waals surface area contributed by atoms with Crippen LogP contribution in [-0.4, -0.2) is 9.97 Å². The third-order valence-electron chi connectivity index (χ3n) is 3.93. The number of H-pyrrole nitrogens is 1. The van der Waals surface area contributed by atoms with Crippen LogP contribution in [0.4, 0.5) is 10.1 Å². The number of para-hydroxylation sites is 2. The Bertz CT molecular complexity index is 941. The van der Waals surface area contributed by atoms with Crippen LogP contribution in [0.1, 0.15) is 5.56 Å². The molecule has 1 aromatic heterocycles. The summed E-state index contributed by atoms with van der Waals surface area (Å²) < 4.78 is 13.2. The summed E-state index contributed by atoms with van der Waals surface area (Å²) >= 11 is 0. The summed E-state index contributed by atoms with van der Waals surface area (Å²) in [4.78, 5) is 7.92. The van der Waals surface area contributed by atoms with Gasteiger partial charge in [0.25, 0.3) is 0 Å². The first-order valence-electron chi connectivity index (χ1n) is 7.81. The van der Waals surface area contributed by atoms with Gasteiger partial charge in [-0.05, 0) is 54.1 Å². The lowest BCUT2D eigenvalue weighted by molar-refractivity contribution is 0.626. The molecule has 0 spiro atoms. The van der Waals surface area contributed by atoms with Crippen molar-refractivity contribution in [3.63, 3.8) is 0 Å². The fraction of sp³-hybridized carbons (Fsp3) is 0.0500. The lowest BCUT2D eigenvalue weighted by atomic mass is 10.2. The number of nitrogens with one attached hydrogen (secondary N) is 2. The number of benzene rings is 3. The zero-order valence-electron chi connectivity index (χ0n) is 13.0. The number of aromatic nitrogens is 2. The Morgan fingerprint density at radius 3 is 2.54 bits per heavy atom. The molecule has 4 aromatic rings. The largest absolute Gasteiger partial charge is 0.381 e. The van der Waals surface area contributed by atoms with Crippen molar-refractivity contribution in [1.82, 2.24) is 9.97 Å². The highest BCUT2D eigenvalue weighted by atomic mass is 19.1. The monoisotopic (exact) mass is 317 g/mol. The summed E-state index contributed by atoms with van der Waals surface area (Å²) in [6, 6.07) is 22.6. The first-order chi connectivity index (χ1) is 11.8. The minimum atomic E-state index is -0.213. The summed E-state index contributed by atoms with van der Waals surface area (Å²) in [6.45, 7) is 0.585. The number of hydrogen-bond donors (Lipinski definition) is 2. The van der Waals surface area contributed by atoms with E-state index in [1.807, 2.05) is 54.6 Å². The van der Waals surface area contributed by atoms with Crippen molar-refractivity contribution in [3.8, 4) is 11.4 Å². The Morgan fingerprint density at radius 2 is 1.75 bits per heavy atom. The summed E-state index contributed by atoms with van der Waals surface area (Å²) in [7, 11) is 0. The SMILES string of the molecule is Fc1cccc(CNc2ccc(-c3nc4ccccc4[nH]3)cc2)c1. The molecule has 0 radical (unpaired) electrons. The van der Waals surface area contributed by atoms with Crippen molar-refractivity contribution in [2.45, 2.75) is 6.54 Å². The van der Waals surface area contributed by atoms with E-state index in [0.717, 1.165) is 33.7 Å². The Hall–Kier alpha value is -3.14. The molecule has 0 bridgehead atoms. The fourth-order valence-corrected chi connectivity index (χ4v) is 2.69. The standard InChI is InChI=1S/C20H16FN3/c21-16-5-3-4-14(12-16)13-22-17-10-8-15(9-11-17)20-23-18-6-1-2-7-19(18)24-20/h1-12,22H,13H2,(H,23,24). The van der Waals surface area contributed by atoms with Gasteiger partial charge in [-0.25, -0.2) is 9.37 Å². The number of halogens is 1. The van der Waals surface area contributed by atoms with Crippen LogP contribution in [0, 0.1) is 5.82 Å². The predicted molar refractivity (Wildman–Crippen MR) is 95.3 cm³/mol. The number of anilines is 1. The third kappa shape index (κ3) is 2.99. The number of rotatable bonds is 4. The van der Waals surface area contributed by atoms with E-state index in [2.05, 4.69) is 15.3 Å². The molecule has 4 heteroatoms. The number of aromatic amines is 1. The van der Waals surface area contributed by atoms with Gasteiger partial charge in [0.05, 0.1) is 11.0 Å². The van der Waals surface area contributed by atoms with Gasteiger partial charge in [0.1, 0.15) is 11.6 Å². The number of hydrogen-bond acceptors (Lipinski definition) is 2. The van der Waals surface area contributed by atoms with Gasteiger partial charge in [-0.15, -0.1) is 0 Å². The second kappa shape index (κ2) is 6.16. The summed E-state index contributed by atoms with van der Waals surface area (Å²) in [6.07, 6.45) is 0. The van der Waals surface area contributed by atoms with Gasteiger partial charge in [-0.2, -0.15) is 0 Å². The Kier molecular flexibility index (Phi) is 3.71. The second-order valence-corrected chi connectivity index (χ2v) is 5.66. The Morgan fingerprint density at radius 1 is 0.917 bits per heavy atom. The minimum absolute atomic E-state index is 0.213. The molecule has 4 rings (SSSR count). The molecule has 0 aliphatic carbocycles. The summed E-state index contributed by atoms with van der Waals surface area (Å²) in [5, 5.41) is 3.30. The van der Waals surface area contributed by atoms with Gasteiger partial charge < -0.3 is 10.3 Å². The van der Waals surface area contributed by atoms with Crippen LogP contribution in [0.5, 0.6) is 0 Å². The molecule has 24 heavy (non-hydrogen) atoms. The van der Waals surface area contributed by atoms with E-state index < -0.39 is 0 Å². The highest BCUT2D eigenvalue weighted by molar-refractivity contribution is 5.79. The number of fused-ring (bicyclic) bond motifs is 1. The van der Waals surface area contributed by atoms with E-state index in [1.165, 1.54) is 12.1 Å². The van der Waals surface area contributed by atoms with Gasteiger partial charge >= 0.3 is 0 Å². The lowest BCUT2D eigenvalue weighted by Crippen LogP contribution is -1.99. The molecular formula is C20H16FN3. The molecule has 1 heterocycles. The van der Waals surface area contributed by atoms with E-state index in [9.17, 15) is 4.39 Å². The maximum Gasteiger partial charge on any atom is 0.138 e. The smallest absolute Gasteiger partial charge is 0.138 e. The molecule has 0 amide bonds. The van der Waals surface area contributed by atoms with Crippen molar-refractivity contribution in [2.75, 3.05) is 5.32 Å². The van der Waals surface area contributed by atoms with Crippen LogP contribution in [0.15, 0.2) is 72.8 Å². The van der Waals surface area contributed by atoms with E-state index in [0.29, 0.717) is 6.54 Å².